The van der Waals surface area contributed by atoms with E-state index in [1.807, 2.05) is 0 Å². The Hall–Kier alpha value is -2.05. The zero-order valence-electron chi connectivity index (χ0n) is 10.8. The van der Waals surface area contributed by atoms with Crippen LogP contribution in [0, 0.1) is 13.8 Å². The highest BCUT2D eigenvalue weighted by Gasteiger charge is 2.20. The number of halogens is 2. The predicted molar refractivity (Wildman–Crippen MR) is 64.0 cm³/mol. The van der Waals surface area contributed by atoms with Gasteiger partial charge in [0, 0.05) is 11.3 Å². The third kappa shape index (κ3) is 2.40. The molecule has 0 atom stereocenters. The molecule has 2 aromatic heterocycles. The summed E-state index contributed by atoms with van der Waals surface area (Å²) in [7, 11) is 1.25. The first-order valence-electron chi connectivity index (χ1n) is 5.63. The fourth-order valence-electron chi connectivity index (χ4n) is 1.99. The molecule has 0 aliphatic rings. The van der Waals surface area contributed by atoms with E-state index in [1.54, 1.807) is 13.8 Å². The van der Waals surface area contributed by atoms with Crippen LogP contribution in [0.3, 0.4) is 0 Å². The lowest BCUT2D eigenvalue weighted by Gasteiger charge is -2.05. The minimum atomic E-state index is -2.61. The zero-order chi connectivity index (χ0) is 14.2. The van der Waals surface area contributed by atoms with Crippen LogP contribution in [0.5, 0.6) is 0 Å². The van der Waals surface area contributed by atoms with Gasteiger partial charge in [-0.25, -0.2) is 18.4 Å². The number of hydrogen-bond acceptors (Lipinski definition) is 4. The Morgan fingerprint density at radius 3 is 2.74 bits per heavy atom. The Kier molecular flexibility index (Phi) is 3.46. The molecule has 0 bridgehead atoms. The van der Waals surface area contributed by atoms with Crippen molar-refractivity contribution in [3.05, 3.63) is 23.0 Å². The second-order valence-electron chi connectivity index (χ2n) is 4.17. The van der Waals surface area contributed by atoms with Crippen molar-refractivity contribution in [2.45, 2.75) is 26.8 Å². The molecule has 0 amide bonds. The standard InChI is InChI=1S/C12H13F2N3O2/c1-6-4-8(11(13)14)10-7(2)16-17(12(10)15-6)5-9(18)19-3/h4,11H,5H2,1-3H3. The summed E-state index contributed by atoms with van der Waals surface area (Å²) in [6.45, 7) is 3.08. The van der Waals surface area contributed by atoms with E-state index in [4.69, 9.17) is 0 Å². The maximum Gasteiger partial charge on any atom is 0.327 e. The molecule has 2 heterocycles. The lowest BCUT2D eigenvalue weighted by molar-refractivity contribution is -0.141. The number of esters is 1. The number of rotatable bonds is 3. The average molecular weight is 269 g/mol. The number of carbonyl (C=O) groups is 1. The molecule has 102 valence electrons. The minimum Gasteiger partial charge on any atom is -0.468 e. The summed E-state index contributed by atoms with van der Waals surface area (Å²) in [6.07, 6.45) is -2.61. The van der Waals surface area contributed by atoms with Gasteiger partial charge in [-0.2, -0.15) is 5.10 Å². The topological polar surface area (TPSA) is 57.0 Å². The normalized spacial score (nSPS) is 11.3. The van der Waals surface area contributed by atoms with Crippen LogP contribution in [0.4, 0.5) is 8.78 Å². The van der Waals surface area contributed by atoms with Crippen molar-refractivity contribution in [2.24, 2.45) is 0 Å². The average Bonchev–Trinajstić information content (AvgIpc) is 2.64. The molecule has 0 fully saturated rings. The Bertz CT molecular complexity index is 637. The first kappa shape index (κ1) is 13.4. The van der Waals surface area contributed by atoms with Crippen molar-refractivity contribution >= 4 is 17.0 Å². The van der Waals surface area contributed by atoms with E-state index in [2.05, 4.69) is 14.8 Å². The second-order valence-corrected chi connectivity index (χ2v) is 4.17. The van der Waals surface area contributed by atoms with Crippen molar-refractivity contribution in [2.75, 3.05) is 7.11 Å². The number of alkyl halides is 2. The molecule has 5 nitrogen and oxygen atoms in total. The van der Waals surface area contributed by atoms with E-state index in [1.165, 1.54) is 17.9 Å². The molecular formula is C12H13F2N3O2. The molecule has 0 aliphatic heterocycles. The van der Waals surface area contributed by atoms with Gasteiger partial charge in [-0.3, -0.25) is 4.79 Å². The molecule has 0 saturated heterocycles. The van der Waals surface area contributed by atoms with E-state index in [0.717, 1.165) is 0 Å². The number of carbonyl (C=O) groups excluding carboxylic acids is 1. The quantitative estimate of drug-likeness (QED) is 0.801. The van der Waals surface area contributed by atoms with Gasteiger partial charge in [0.15, 0.2) is 5.65 Å². The van der Waals surface area contributed by atoms with Crippen LogP contribution in [-0.4, -0.2) is 27.8 Å². The third-order valence-electron chi connectivity index (χ3n) is 2.78. The first-order chi connectivity index (χ1) is 8.93. The lowest BCUT2D eigenvalue weighted by atomic mass is 10.1. The smallest absolute Gasteiger partial charge is 0.327 e. The third-order valence-corrected chi connectivity index (χ3v) is 2.78. The Labute approximate surface area is 108 Å². The maximum absolute atomic E-state index is 13.0. The van der Waals surface area contributed by atoms with Crippen LogP contribution in [0.15, 0.2) is 6.07 Å². The summed E-state index contributed by atoms with van der Waals surface area (Å²) in [5.41, 5.74) is 1.03. The zero-order valence-corrected chi connectivity index (χ0v) is 10.8. The van der Waals surface area contributed by atoms with Gasteiger partial charge in [-0.1, -0.05) is 0 Å². The van der Waals surface area contributed by atoms with Crippen LogP contribution >= 0.6 is 0 Å². The molecule has 0 spiro atoms. The molecule has 7 heteroatoms. The van der Waals surface area contributed by atoms with Crippen molar-refractivity contribution in [3.8, 4) is 0 Å². The van der Waals surface area contributed by atoms with Crippen LogP contribution < -0.4 is 0 Å². The number of aromatic nitrogens is 3. The highest BCUT2D eigenvalue weighted by Crippen LogP contribution is 2.29. The van der Waals surface area contributed by atoms with Crippen LogP contribution in [0.25, 0.3) is 11.0 Å². The van der Waals surface area contributed by atoms with E-state index in [0.29, 0.717) is 16.8 Å². The van der Waals surface area contributed by atoms with Crippen LogP contribution in [-0.2, 0) is 16.1 Å². The summed E-state index contributed by atoms with van der Waals surface area (Å²) in [4.78, 5) is 15.5. The van der Waals surface area contributed by atoms with Gasteiger partial charge >= 0.3 is 5.97 Å². The molecule has 0 aliphatic carbocycles. The van der Waals surface area contributed by atoms with Gasteiger partial charge in [0.1, 0.15) is 6.54 Å². The monoisotopic (exact) mass is 269 g/mol. The molecule has 2 rings (SSSR count). The molecule has 0 N–H and O–H groups in total. The first-order valence-corrected chi connectivity index (χ1v) is 5.63. The summed E-state index contributed by atoms with van der Waals surface area (Å²) >= 11 is 0. The summed E-state index contributed by atoms with van der Waals surface area (Å²) < 4.78 is 31.9. The second kappa shape index (κ2) is 4.91. The van der Waals surface area contributed by atoms with Gasteiger partial charge in [-0.05, 0) is 19.9 Å². The molecular weight excluding hydrogens is 256 g/mol. The van der Waals surface area contributed by atoms with Gasteiger partial charge in [0.05, 0.1) is 18.2 Å². The van der Waals surface area contributed by atoms with Crippen LogP contribution in [0.1, 0.15) is 23.4 Å². The maximum atomic E-state index is 13.0. The number of ether oxygens (including phenoxy) is 1. The van der Waals surface area contributed by atoms with E-state index in [-0.39, 0.29) is 17.8 Å². The SMILES string of the molecule is COC(=O)Cn1nc(C)c2c(C(F)F)cc(C)nc21. The Morgan fingerprint density at radius 2 is 2.16 bits per heavy atom. The number of nitrogens with zero attached hydrogens (tertiary/aromatic N) is 3. The number of fused-ring (bicyclic) bond motifs is 1. The molecule has 0 saturated carbocycles. The summed E-state index contributed by atoms with van der Waals surface area (Å²) in [5, 5.41) is 4.38. The van der Waals surface area contributed by atoms with Crippen molar-refractivity contribution < 1.29 is 18.3 Å². The van der Waals surface area contributed by atoms with Crippen molar-refractivity contribution in [1.29, 1.82) is 0 Å². The highest BCUT2D eigenvalue weighted by molar-refractivity contribution is 5.84. The highest BCUT2D eigenvalue weighted by atomic mass is 19.3. The Morgan fingerprint density at radius 1 is 1.47 bits per heavy atom. The van der Waals surface area contributed by atoms with Crippen LogP contribution in [0.2, 0.25) is 0 Å². The van der Waals surface area contributed by atoms with Gasteiger partial charge in [-0.15, -0.1) is 0 Å². The largest absolute Gasteiger partial charge is 0.468 e. The fraction of sp³-hybridized carbons (Fsp3) is 0.417. The number of methoxy groups -OCH3 is 1. The summed E-state index contributed by atoms with van der Waals surface area (Å²) in [5.74, 6) is -0.508. The molecule has 2 aromatic rings. The van der Waals surface area contributed by atoms with Gasteiger partial charge < -0.3 is 4.74 Å². The van der Waals surface area contributed by atoms with Gasteiger partial charge in [0.25, 0.3) is 6.43 Å². The molecule has 0 unspecified atom stereocenters. The molecule has 0 aromatic carbocycles. The Balaban J connectivity index is 2.66. The molecule has 19 heavy (non-hydrogen) atoms. The number of aryl methyl sites for hydroxylation is 2. The number of pyridine rings is 1. The summed E-state index contributed by atoms with van der Waals surface area (Å²) in [6, 6.07) is 1.34. The number of hydrogen-bond donors (Lipinski definition) is 0. The van der Waals surface area contributed by atoms with Gasteiger partial charge in [0.2, 0.25) is 0 Å². The lowest BCUT2D eigenvalue weighted by Crippen LogP contribution is -2.13. The molecule has 0 radical (unpaired) electrons. The van der Waals surface area contributed by atoms with Crippen molar-refractivity contribution in [1.82, 2.24) is 14.8 Å². The van der Waals surface area contributed by atoms with E-state index >= 15 is 0 Å². The predicted octanol–water partition coefficient (Wildman–Crippen LogP) is 2.16. The van der Waals surface area contributed by atoms with E-state index in [9.17, 15) is 13.6 Å². The minimum absolute atomic E-state index is 0.115. The van der Waals surface area contributed by atoms with Crippen molar-refractivity contribution in [3.63, 3.8) is 0 Å². The van der Waals surface area contributed by atoms with E-state index < -0.39 is 12.4 Å². The fourth-order valence-corrected chi connectivity index (χ4v) is 1.99.